The molecule has 0 aliphatic heterocycles. The molecule has 0 aliphatic carbocycles. The van der Waals surface area contributed by atoms with Crippen LogP contribution in [0.5, 0.6) is 0 Å². The summed E-state index contributed by atoms with van der Waals surface area (Å²) in [4.78, 5) is 13.6. The van der Waals surface area contributed by atoms with E-state index in [4.69, 9.17) is 17.3 Å². The van der Waals surface area contributed by atoms with E-state index in [2.05, 4.69) is 26.1 Å². The van der Waals surface area contributed by atoms with Crippen LogP contribution in [0.1, 0.15) is 5.69 Å². The Labute approximate surface area is 93.5 Å². The summed E-state index contributed by atoms with van der Waals surface area (Å²) in [5.41, 5.74) is 0.857. The lowest BCUT2D eigenvalue weighted by atomic mass is 10.3. The fraction of sp³-hybridized carbons (Fsp3) is 0.556. The molecule has 2 N–H and O–H groups in total. The highest BCUT2D eigenvalue weighted by Gasteiger charge is 2.10. The van der Waals surface area contributed by atoms with Gasteiger partial charge in [0.1, 0.15) is 0 Å². The number of carboxylic acid groups (broad SMARTS) is 1. The molecule has 84 valence electrons. The number of H-pyrrole nitrogens is 1. The number of aromatic nitrogens is 2. The zero-order chi connectivity index (χ0) is 11.6. The second-order valence-electron chi connectivity index (χ2n) is 4.50. The van der Waals surface area contributed by atoms with Gasteiger partial charge in [0, 0.05) is 18.3 Å². The van der Waals surface area contributed by atoms with Crippen LogP contribution < -0.4 is 0 Å². The summed E-state index contributed by atoms with van der Waals surface area (Å²) in [6.07, 6.45) is 1.28. The minimum atomic E-state index is -1.05. The molecule has 0 fully saturated rings. The standard InChI is InChI=1S/C9H15N3O2S/c1-12(2,3)5-4-7-6-11(9(13)14)8(15)10-7/h6H,4-5H2,1-3H3,(H-,10,13,14,15)/p+1. The Morgan fingerprint density at radius 3 is 2.60 bits per heavy atom. The van der Waals surface area contributed by atoms with Crippen LogP contribution in [0, 0.1) is 4.77 Å². The number of carbonyl (C=O) groups is 1. The van der Waals surface area contributed by atoms with Crippen molar-refractivity contribution in [3.8, 4) is 0 Å². The third kappa shape index (κ3) is 3.49. The van der Waals surface area contributed by atoms with Gasteiger partial charge in [-0.15, -0.1) is 0 Å². The average molecular weight is 230 g/mol. The Morgan fingerprint density at radius 1 is 1.60 bits per heavy atom. The Balaban J connectivity index is 2.77. The lowest BCUT2D eigenvalue weighted by molar-refractivity contribution is -0.870. The third-order valence-corrected chi connectivity index (χ3v) is 2.33. The van der Waals surface area contributed by atoms with Gasteiger partial charge in [-0.05, 0) is 12.2 Å². The van der Waals surface area contributed by atoms with Crippen LogP contribution in [-0.4, -0.2) is 52.9 Å². The minimum absolute atomic E-state index is 0.235. The van der Waals surface area contributed by atoms with Crippen molar-refractivity contribution in [3.05, 3.63) is 16.7 Å². The van der Waals surface area contributed by atoms with Crippen molar-refractivity contribution in [2.24, 2.45) is 0 Å². The lowest BCUT2D eigenvalue weighted by Crippen LogP contribution is -2.36. The highest BCUT2D eigenvalue weighted by atomic mass is 32.1. The smallest absolute Gasteiger partial charge is 0.417 e. The minimum Gasteiger partial charge on any atom is -0.464 e. The zero-order valence-electron chi connectivity index (χ0n) is 9.15. The molecule has 0 spiro atoms. The molecule has 5 nitrogen and oxygen atoms in total. The molecular formula is C9H16N3O2S+. The fourth-order valence-corrected chi connectivity index (χ4v) is 1.43. The Kier molecular flexibility index (Phi) is 3.31. The molecule has 1 aromatic heterocycles. The van der Waals surface area contributed by atoms with E-state index in [0.29, 0.717) is 0 Å². The molecule has 6 heteroatoms. The summed E-state index contributed by atoms with van der Waals surface area (Å²) in [5, 5.41) is 8.78. The largest absolute Gasteiger partial charge is 0.464 e. The zero-order valence-corrected chi connectivity index (χ0v) is 9.97. The molecule has 0 amide bonds. The van der Waals surface area contributed by atoms with Crippen molar-refractivity contribution in [1.29, 1.82) is 0 Å². The number of aromatic amines is 1. The molecular weight excluding hydrogens is 214 g/mol. The summed E-state index contributed by atoms with van der Waals surface area (Å²) >= 11 is 4.88. The van der Waals surface area contributed by atoms with Crippen LogP contribution >= 0.6 is 12.2 Å². The van der Waals surface area contributed by atoms with E-state index in [1.54, 1.807) is 6.20 Å². The number of nitrogens with one attached hydrogen (secondary N) is 1. The van der Waals surface area contributed by atoms with Crippen LogP contribution in [0.3, 0.4) is 0 Å². The quantitative estimate of drug-likeness (QED) is 0.608. The Bertz CT molecular complexity index is 414. The highest BCUT2D eigenvalue weighted by molar-refractivity contribution is 7.71. The summed E-state index contributed by atoms with van der Waals surface area (Å²) in [7, 11) is 6.26. The maximum absolute atomic E-state index is 10.7. The first-order valence-electron chi connectivity index (χ1n) is 4.64. The molecule has 0 saturated heterocycles. The monoisotopic (exact) mass is 230 g/mol. The summed E-state index contributed by atoms with van der Waals surface area (Å²) in [6, 6.07) is 0. The Hall–Kier alpha value is -1.14. The molecule has 0 atom stereocenters. The molecule has 0 aliphatic rings. The van der Waals surface area contributed by atoms with E-state index in [-0.39, 0.29) is 4.77 Å². The molecule has 0 saturated carbocycles. The predicted octanol–water partition coefficient (Wildman–Crippen LogP) is 1.32. The number of nitrogens with zero attached hydrogens (tertiary/aromatic N) is 2. The van der Waals surface area contributed by atoms with Gasteiger partial charge < -0.3 is 14.6 Å². The predicted molar refractivity (Wildman–Crippen MR) is 59.6 cm³/mol. The van der Waals surface area contributed by atoms with E-state index >= 15 is 0 Å². The summed E-state index contributed by atoms with van der Waals surface area (Å²) in [5.74, 6) is 0. The molecule has 0 aromatic carbocycles. The maximum Gasteiger partial charge on any atom is 0.417 e. The van der Waals surface area contributed by atoms with Gasteiger partial charge in [0.2, 0.25) is 0 Å². The second-order valence-corrected chi connectivity index (χ2v) is 4.89. The van der Waals surface area contributed by atoms with Gasteiger partial charge in [-0.3, -0.25) is 0 Å². The molecule has 1 aromatic rings. The molecule has 0 radical (unpaired) electrons. The van der Waals surface area contributed by atoms with Gasteiger partial charge in [-0.25, -0.2) is 9.36 Å². The molecule has 15 heavy (non-hydrogen) atoms. The lowest BCUT2D eigenvalue weighted by Gasteiger charge is -2.23. The number of imidazole rings is 1. The molecule has 0 bridgehead atoms. The van der Waals surface area contributed by atoms with Gasteiger partial charge >= 0.3 is 6.09 Å². The van der Waals surface area contributed by atoms with E-state index in [1.165, 1.54) is 0 Å². The van der Waals surface area contributed by atoms with E-state index in [1.807, 2.05) is 0 Å². The molecule has 0 unspecified atom stereocenters. The molecule has 1 heterocycles. The fourth-order valence-electron chi connectivity index (χ4n) is 1.17. The first-order chi connectivity index (χ1) is 6.79. The molecule has 1 rings (SSSR count). The second kappa shape index (κ2) is 4.16. The van der Waals surface area contributed by atoms with Crippen molar-refractivity contribution < 1.29 is 14.4 Å². The third-order valence-electron chi connectivity index (χ3n) is 2.03. The summed E-state index contributed by atoms with van der Waals surface area (Å²) in [6.45, 7) is 0.926. The normalized spacial score (nSPS) is 11.7. The van der Waals surface area contributed by atoms with E-state index in [9.17, 15) is 4.79 Å². The SMILES string of the molecule is C[N+](C)(C)CCc1cn(C(=O)O)c(=S)[nH]1. The van der Waals surface area contributed by atoms with Gasteiger partial charge in [0.25, 0.3) is 0 Å². The van der Waals surface area contributed by atoms with Gasteiger partial charge in [0.05, 0.1) is 27.7 Å². The van der Waals surface area contributed by atoms with Crippen LogP contribution in [0.25, 0.3) is 0 Å². The van der Waals surface area contributed by atoms with Gasteiger partial charge in [0.15, 0.2) is 4.77 Å². The van der Waals surface area contributed by atoms with Crippen LogP contribution in [0.4, 0.5) is 4.79 Å². The van der Waals surface area contributed by atoms with Crippen LogP contribution in [-0.2, 0) is 6.42 Å². The number of rotatable bonds is 3. The van der Waals surface area contributed by atoms with Crippen molar-refractivity contribution in [1.82, 2.24) is 9.55 Å². The van der Waals surface area contributed by atoms with Crippen molar-refractivity contribution in [2.45, 2.75) is 6.42 Å². The van der Waals surface area contributed by atoms with Crippen molar-refractivity contribution in [2.75, 3.05) is 27.7 Å². The number of hydrogen-bond acceptors (Lipinski definition) is 2. The maximum atomic E-state index is 10.7. The summed E-state index contributed by atoms with van der Waals surface area (Å²) < 4.78 is 2.10. The van der Waals surface area contributed by atoms with Gasteiger partial charge in [-0.2, -0.15) is 0 Å². The number of likely N-dealkylation sites (N-methyl/N-ethyl adjacent to an activating group) is 1. The topological polar surface area (TPSA) is 58.0 Å². The van der Waals surface area contributed by atoms with E-state index in [0.717, 1.165) is 27.7 Å². The number of quaternary nitrogens is 1. The van der Waals surface area contributed by atoms with Crippen LogP contribution in [0.2, 0.25) is 0 Å². The first kappa shape index (κ1) is 11.9. The van der Waals surface area contributed by atoms with Crippen molar-refractivity contribution in [3.63, 3.8) is 0 Å². The average Bonchev–Trinajstić information content (AvgIpc) is 2.42. The van der Waals surface area contributed by atoms with Crippen LogP contribution in [0.15, 0.2) is 6.20 Å². The first-order valence-corrected chi connectivity index (χ1v) is 5.05. The van der Waals surface area contributed by atoms with E-state index < -0.39 is 6.09 Å². The Morgan fingerprint density at radius 2 is 2.20 bits per heavy atom. The highest BCUT2D eigenvalue weighted by Crippen LogP contribution is 2.02. The van der Waals surface area contributed by atoms with Crippen molar-refractivity contribution >= 4 is 18.3 Å². The van der Waals surface area contributed by atoms with Gasteiger partial charge in [-0.1, -0.05) is 0 Å². The number of hydrogen-bond donors (Lipinski definition) is 2.